The van der Waals surface area contributed by atoms with Crippen LogP contribution in [0, 0.1) is 0 Å². The Morgan fingerprint density at radius 1 is 1.09 bits per heavy atom. The highest BCUT2D eigenvalue weighted by molar-refractivity contribution is 7.84. The molecule has 0 radical (unpaired) electrons. The monoisotopic (exact) mass is 319 g/mol. The minimum absolute atomic E-state index is 0.00686. The average Bonchev–Trinajstić information content (AvgIpc) is 2.54. The van der Waals surface area contributed by atoms with E-state index < -0.39 is 10.8 Å². The van der Waals surface area contributed by atoms with Crippen LogP contribution in [0.4, 0.5) is 0 Å². The van der Waals surface area contributed by atoms with Crippen molar-refractivity contribution in [2.75, 3.05) is 19.5 Å². The molecule has 1 atom stereocenters. The molecule has 22 heavy (non-hydrogen) atoms. The van der Waals surface area contributed by atoms with Gasteiger partial charge in [0.05, 0.1) is 6.61 Å². The maximum Gasteiger partial charge on any atom is 0.123 e. The zero-order chi connectivity index (χ0) is 15.8. The number of aliphatic hydroxyl groups excluding tert-OH is 1. The molecular formula is C17H21NO3S. The highest BCUT2D eigenvalue weighted by Gasteiger charge is 2.03. The van der Waals surface area contributed by atoms with E-state index in [-0.39, 0.29) is 6.61 Å². The Morgan fingerprint density at radius 2 is 1.82 bits per heavy atom. The Kier molecular flexibility index (Phi) is 6.58. The maximum absolute atomic E-state index is 11.3. The van der Waals surface area contributed by atoms with E-state index in [1.807, 2.05) is 48.5 Å². The summed E-state index contributed by atoms with van der Waals surface area (Å²) in [6.07, 6.45) is 1.68. The van der Waals surface area contributed by atoms with Crippen LogP contribution in [0.5, 0.6) is 5.75 Å². The topological polar surface area (TPSA) is 58.6 Å². The molecule has 2 aromatic rings. The van der Waals surface area contributed by atoms with E-state index in [9.17, 15) is 4.21 Å². The van der Waals surface area contributed by atoms with E-state index in [4.69, 9.17) is 9.84 Å². The molecule has 2 N–H and O–H groups in total. The van der Waals surface area contributed by atoms with Gasteiger partial charge in [-0.25, -0.2) is 0 Å². The molecule has 0 aliphatic heterocycles. The van der Waals surface area contributed by atoms with E-state index in [2.05, 4.69) is 5.32 Å². The Morgan fingerprint density at radius 3 is 2.50 bits per heavy atom. The van der Waals surface area contributed by atoms with Gasteiger partial charge in [-0.1, -0.05) is 30.3 Å². The van der Waals surface area contributed by atoms with Gasteiger partial charge in [0, 0.05) is 40.6 Å². The number of benzene rings is 2. The first-order valence-corrected chi connectivity index (χ1v) is 8.71. The van der Waals surface area contributed by atoms with Gasteiger partial charge >= 0.3 is 0 Å². The number of aliphatic hydroxyl groups is 1. The third kappa shape index (κ3) is 4.94. The van der Waals surface area contributed by atoms with Gasteiger partial charge in [-0.2, -0.15) is 0 Å². The van der Waals surface area contributed by atoms with Gasteiger partial charge in [-0.15, -0.1) is 0 Å². The molecule has 118 valence electrons. The van der Waals surface area contributed by atoms with Crippen molar-refractivity contribution in [1.29, 1.82) is 0 Å². The van der Waals surface area contributed by atoms with Crippen molar-refractivity contribution < 1.29 is 14.1 Å². The van der Waals surface area contributed by atoms with E-state index in [1.165, 1.54) is 0 Å². The van der Waals surface area contributed by atoms with Crippen LogP contribution in [-0.4, -0.2) is 28.8 Å². The van der Waals surface area contributed by atoms with Crippen molar-refractivity contribution in [3.05, 3.63) is 59.7 Å². The van der Waals surface area contributed by atoms with Crippen LogP contribution in [0.2, 0.25) is 0 Å². The van der Waals surface area contributed by atoms with Crippen LogP contribution in [0.15, 0.2) is 53.4 Å². The lowest BCUT2D eigenvalue weighted by Crippen LogP contribution is -2.14. The molecule has 0 saturated carbocycles. The normalized spacial score (nSPS) is 12.1. The average molecular weight is 319 g/mol. The van der Waals surface area contributed by atoms with Gasteiger partial charge in [0.2, 0.25) is 0 Å². The van der Waals surface area contributed by atoms with Crippen LogP contribution in [0.1, 0.15) is 11.1 Å². The van der Waals surface area contributed by atoms with Crippen LogP contribution in [-0.2, 0) is 23.9 Å². The zero-order valence-electron chi connectivity index (χ0n) is 12.6. The molecule has 0 amide bonds. The summed E-state index contributed by atoms with van der Waals surface area (Å²) in [4.78, 5) is 0.839. The summed E-state index contributed by atoms with van der Waals surface area (Å²) in [5, 5.41) is 12.2. The van der Waals surface area contributed by atoms with Gasteiger partial charge in [-0.3, -0.25) is 4.21 Å². The second kappa shape index (κ2) is 8.68. The molecule has 4 nitrogen and oxygen atoms in total. The molecule has 0 aliphatic rings. The van der Waals surface area contributed by atoms with Crippen LogP contribution >= 0.6 is 0 Å². The summed E-state index contributed by atoms with van der Waals surface area (Å²) in [5.74, 6) is 0.792. The minimum Gasteiger partial charge on any atom is -0.491 e. The number of para-hydroxylation sites is 1. The number of hydrogen-bond donors (Lipinski definition) is 2. The van der Waals surface area contributed by atoms with Crippen molar-refractivity contribution in [1.82, 2.24) is 5.32 Å². The number of hydrogen-bond acceptors (Lipinski definition) is 4. The summed E-state index contributed by atoms with van der Waals surface area (Å²) >= 11 is 0. The fourth-order valence-electron chi connectivity index (χ4n) is 2.09. The van der Waals surface area contributed by atoms with Crippen LogP contribution in [0.3, 0.4) is 0 Å². The quantitative estimate of drug-likeness (QED) is 0.782. The summed E-state index contributed by atoms with van der Waals surface area (Å²) in [6, 6.07) is 15.5. The van der Waals surface area contributed by atoms with Crippen molar-refractivity contribution in [2.45, 2.75) is 18.0 Å². The number of rotatable bonds is 8. The SMILES string of the molecule is CS(=O)c1ccc(CNCc2ccccc2OCCO)cc1. The lowest BCUT2D eigenvalue weighted by atomic mass is 10.2. The molecule has 0 fully saturated rings. The summed E-state index contributed by atoms with van der Waals surface area (Å²) in [7, 11) is -0.936. The molecule has 0 saturated heterocycles. The predicted molar refractivity (Wildman–Crippen MR) is 88.3 cm³/mol. The number of nitrogens with one attached hydrogen (secondary N) is 1. The second-order valence-corrected chi connectivity index (χ2v) is 6.26. The Hall–Kier alpha value is -1.69. The standard InChI is InChI=1S/C17H21NO3S/c1-22(20)16-8-6-14(7-9-16)12-18-13-15-4-2-3-5-17(15)21-11-10-19/h2-9,18-19H,10-13H2,1H3. The predicted octanol–water partition coefficient (Wildman–Crippen LogP) is 2.08. The summed E-state index contributed by atoms with van der Waals surface area (Å²) in [6.45, 7) is 1.72. The fraction of sp³-hybridized carbons (Fsp3) is 0.294. The molecule has 2 rings (SSSR count). The molecule has 0 heterocycles. The lowest BCUT2D eigenvalue weighted by Gasteiger charge is -2.11. The minimum atomic E-state index is -0.936. The van der Waals surface area contributed by atoms with Gasteiger partial charge in [0.25, 0.3) is 0 Å². The van der Waals surface area contributed by atoms with Gasteiger partial charge in [-0.05, 0) is 23.8 Å². The second-order valence-electron chi connectivity index (χ2n) is 4.88. The first kappa shape index (κ1) is 16.7. The van der Waals surface area contributed by atoms with Crippen molar-refractivity contribution in [2.24, 2.45) is 0 Å². The first-order valence-electron chi connectivity index (χ1n) is 7.15. The molecule has 2 aromatic carbocycles. The van der Waals surface area contributed by atoms with Gasteiger partial charge < -0.3 is 15.2 Å². The molecular weight excluding hydrogens is 298 g/mol. The van der Waals surface area contributed by atoms with Gasteiger partial charge in [0.1, 0.15) is 12.4 Å². The number of ether oxygens (including phenoxy) is 1. The Balaban J connectivity index is 1.89. The zero-order valence-corrected chi connectivity index (χ0v) is 13.4. The third-order valence-electron chi connectivity index (χ3n) is 3.22. The van der Waals surface area contributed by atoms with Gasteiger partial charge in [0.15, 0.2) is 0 Å². The molecule has 0 bridgehead atoms. The van der Waals surface area contributed by atoms with Crippen LogP contribution in [0.25, 0.3) is 0 Å². The Labute approximate surface area is 133 Å². The van der Waals surface area contributed by atoms with Crippen LogP contribution < -0.4 is 10.1 Å². The molecule has 5 heteroatoms. The largest absolute Gasteiger partial charge is 0.491 e. The summed E-state index contributed by atoms with van der Waals surface area (Å²) < 4.78 is 16.9. The van der Waals surface area contributed by atoms with Crippen molar-refractivity contribution >= 4 is 10.8 Å². The highest BCUT2D eigenvalue weighted by Crippen LogP contribution is 2.17. The smallest absolute Gasteiger partial charge is 0.123 e. The third-order valence-corrected chi connectivity index (χ3v) is 4.16. The summed E-state index contributed by atoms with van der Waals surface area (Å²) in [5.41, 5.74) is 2.20. The maximum atomic E-state index is 11.3. The lowest BCUT2D eigenvalue weighted by molar-refractivity contribution is 0.200. The van der Waals surface area contributed by atoms with E-state index in [0.717, 1.165) is 28.3 Å². The van der Waals surface area contributed by atoms with E-state index in [0.29, 0.717) is 13.2 Å². The molecule has 0 aromatic heterocycles. The van der Waals surface area contributed by atoms with Crippen molar-refractivity contribution in [3.8, 4) is 5.75 Å². The first-order chi connectivity index (χ1) is 10.7. The molecule has 1 unspecified atom stereocenters. The molecule has 0 spiro atoms. The van der Waals surface area contributed by atoms with E-state index in [1.54, 1.807) is 6.26 Å². The molecule has 0 aliphatic carbocycles. The van der Waals surface area contributed by atoms with E-state index >= 15 is 0 Å². The van der Waals surface area contributed by atoms with Crippen molar-refractivity contribution in [3.63, 3.8) is 0 Å². The highest BCUT2D eigenvalue weighted by atomic mass is 32.2. The fourth-order valence-corrected chi connectivity index (χ4v) is 2.61. The Bertz CT molecular complexity index is 614.